The van der Waals surface area contributed by atoms with E-state index in [2.05, 4.69) is 168 Å². The van der Waals surface area contributed by atoms with Gasteiger partial charge in [-0.05, 0) is 46.0 Å². The van der Waals surface area contributed by atoms with Crippen molar-refractivity contribution >= 4 is 16.3 Å². The lowest BCUT2D eigenvalue weighted by molar-refractivity contribution is 1.07. The summed E-state index contributed by atoms with van der Waals surface area (Å²) in [6.07, 6.45) is 1.94. The Morgan fingerprint density at radius 1 is 0.309 bits per heavy atom. The molecule has 55 heavy (non-hydrogen) atoms. The third-order valence-corrected chi connectivity index (χ3v) is 10.1. The number of aromatic nitrogens is 5. The molecule has 0 spiro atoms. The summed E-state index contributed by atoms with van der Waals surface area (Å²) < 4.78 is 2.20. The fraction of sp³-hybridized carbons (Fsp3) is 0. The Bertz CT molecular complexity index is 2850. The third-order valence-electron chi connectivity index (χ3n) is 10.1. The first-order valence-electron chi connectivity index (χ1n) is 18.4. The van der Waals surface area contributed by atoms with Crippen molar-refractivity contribution < 1.29 is 0 Å². The average molecular weight is 704 g/mol. The Morgan fingerprint density at radius 2 is 0.745 bits per heavy atom. The highest BCUT2D eigenvalue weighted by atomic mass is 15.0. The number of hydrogen-bond acceptors (Lipinski definition) is 4. The standard InChI is InChI=1S/C50H33N5/c1-4-14-34(15-5-1)39-20-12-22-41(30-39)49-52-48(53-50(54-49)42-23-13-21-40(31-42)35-16-6-2-7-17-35)38-28-26-37(27-29-38)47-44-25-11-10-24-43(44)46-32-45(51-33-55(46)47)36-18-8-3-9-19-36/h1-33H. The molecule has 0 unspecified atom stereocenters. The van der Waals surface area contributed by atoms with Crippen molar-refractivity contribution in [2.45, 2.75) is 0 Å². The van der Waals surface area contributed by atoms with Crippen LogP contribution in [0, 0.1) is 0 Å². The molecule has 7 aromatic carbocycles. The van der Waals surface area contributed by atoms with Crippen LogP contribution in [-0.2, 0) is 0 Å². The van der Waals surface area contributed by atoms with Crippen molar-refractivity contribution in [3.63, 3.8) is 0 Å². The normalized spacial score (nSPS) is 11.3. The fourth-order valence-electron chi connectivity index (χ4n) is 7.39. The van der Waals surface area contributed by atoms with E-state index in [1.165, 1.54) is 10.8 Å². The first-order chi connectivity index (χ1) is 27.2. The number of rotatable bonds is 7. The van der Waals surface area contributed by atoms with Gasteiger partial charge in [0, 0.05) is 33.0 Å². The summed E-state index contributed by atoms with van der Waals surface area (Å²) in [7, 11) is 0. The van der Waals surface area contributed by atoms with Crippen LogP contribution in [0.3, 0.4) is 0 Å². The highest BCUT2D eigenvalue weighted by Crippen LogP contribution is 2.37. The molecule has 0 aliphatic heterocycles. The topological polar surface area (TPSA) is 56.0 Å². The molecule has 0 amide bonds. The minimum Gasteiger partial charge on any atom is -0.299 e. The van der Waals surface area contributed by atoms with Gasteiger partial charge in [-0.25, -0.2) is 19.9 Å². The van der Waals surface area contributed by atoms with E-state index >= 15 is 0 Å². The molecular formula is C50H33N5. The van der Waals surface area contributed by atoms with E-state index in [4.69, 9.17) is 19.9 Å². The van der Waals surface area contributed by atoms with Crippen molar-refractivity contribution in [3.05, 3.63) is 200 Å². The van der Waals surface area contributed by atoms with Crippen molar-refractivity contribution in [1.82, 2.24) is 24.3 Å². The van der Waals surface area contributed by atoms with Crippen LogP contribution in [0.5, 0.6) is 0 Å². The van der Waals surface area contributed by atoms with E-state index in [9.17, 15) is 0 Å². The molecule has 3 heterocycles. The zero-order valence-electron chi connectivity index (χ0n) is 29.8. The average Bonchev–Trinajstić information content (AvgIpc) is 3.61. The maximum Gasteiger partial charge on any atom is 0.164 e. The molecule has 0 aliphatic rings. The van der Waals surface area contributed by atoms with Gasteiger partial charge in [0.2, 0.25) is 0 Å². The minimum absolute atomic E-state index is 0.612. The Hall–Kier alpha value is -7.50. The molecule has 5 heteroatoms. The molecule has 0 fully saturated rings. The maximum absolute atomic E-state index is 5.11. The van der Waals surface area contributed by atoms with Gasteiger partial charge < -0.3 is 0 Å². The van der Waals surface area contributed by atoms with Crippen LogP contribution in [-0.4, -0.2) is 24.3 Å². The second kappa shape index (κ2) is 13.8. The molecule has 0 aliphatic carbocycles. The highest BCUT2D eigenvalue weighted by Gasteiger charge is 2.17. The Morgan fingerprint density at radius 3 is 1.31 bits per heavy atom. The predicted molar refractivity (Wildman–Crippen MR) is 224 cm³/mol. The van der Waals surface area contributed by atoms with Gasteiger partial charge in [0.15, 0.2) is 17.5 Å². The Kier molecular flexibility index (Phi) is 8.08. The van der Waals surface area contributed by atoms with Gasteiger partial charge in [-0.15, -0.1) is 0 Å². The fourth-order valence-corrected chi connectivity index (χ4v) is 7.39. The van der Waals surface area contributed by atoms with Gasteiger partial charge in [0.25, 0.3) is 0 Å². The van der Waals surface area contributed by atoms with E-state index in [0.717, 1.165) is 67.0 Å². The molecule has 5 nitrogen and oxygen atoms in total. The lowest BCUT2D eigenvalue weighted by Gasteiger charge is -2.11. The van der Waals surface area contributed by atoms with E-state index in [1.54, 1.807) is 0 Å². The second-order valence-electron chi connectivity index (χ2n) is 13.6. The summed E-state index contributed by atoms with van der Waals surface area (Å²) in [6, 6.07) is 67.2. The van der Waals surface area contributed by atoms with Gasteiger partial charge in [0.05, 0.1) is 16.9 Å². The van der Waals surface area contributed by atoms with Crippen LogP contribution in [0.4, 0.5) is 0 Å². The van der Waals surface area contributed by atoms with Crippen LogP contribution in [0.2, 0.25) is 0 Å². The van der Waals surface area contributed by atoms with Crippen LogP contribution < -0.4 is 0 Å². The summed E-state index contributed by atoms with van der Waals surface area (Å²) >= 11 is 0. The lowest BCUT2D eigenvalue weighted by atomic mass is 10.0. The maximum atomic E-state index is 5.11. The first kappa shape index (κ1) is 32.2. The van der Waals surface area contributed by atoms with Crippen LogP contribution >= 0.6 is 0 Å². The summed E-state index contributed by atoms with van der Waals surface area (Å²) in [5.74, 6) is 1.85. The molecule has 0 atom stereocenters. The van der Waals surface area contributed by atoms with Gasteiger partial charge in [-0.2, -0.15) is 0 Å². The lowest BCUT2D eigenvalue weighted by Crippen LogP contribution is -2.00. The minimum atomic E-state index is 0.612. The molecule has 258 valence electrons. The number of hydrogen-bond donors (Lipinski definition) is 0. The van der Waals surface area contributed by atoms with Gasteiger partial charge in [-0.3, -0.25) is 4.40 Å². The molecule has 0 saturated carbocycles. The van der Waals surface area contributed by atoms with Crippen molar-refractivity contribution in [1.29, 1.82) is 0 Å². The number of benzene rings is 7. The molecular weight excluding hydrogens is 671 g/mol. The number of nitrogens with zero attached hydrogens (tertiary/aromatic N) is 5. The SMILES string of the molecule is c1ccc(-c2cccc(-c3nc(-c4ccc(-c5c6ccccc6c6cc(-c7ccccc7)ncn56)cc4)nc(-c4cccc(-c5ccccc5)c4)n3)c2)cc1. The van der Waals surface area contributed by atoms with Crippen molar-refractivity contribution in [2.75, 3.05) is 0 Å². The molecule has 3 aromatic heterocycles. The highest BCUT2D eigenvalue weighted by molar-refractivity contribution is 6.07. The van der Waals surface area contributed by atoms with E-state index < -0.39 is 0 Å². The van der Waals surface area contributed by atoms with Gasteiger partial charge in [-0.1, -0.05) is 176 Å². The molecule has 0 N–H and O–H groups in total. The quantitative estimate of drug-likeness (QED) is 0.166. The second-order valence-corrected chi connectivity index (χ2v) is 13.6. The molecule has 10 rings (SSSR count). The summed E-state index contributed by atoms with van der Waals surface area (Å²) in [5.41, 5.74) is 12.6. The molecule has 0 radical (unpaired) electrons. The monoisotopic (exact) mass is 703 g/mol. The van der Waals surface area contributed by atoms with E-state index in [-0.39, 0.29) is 0 Å². The van der Waals surface area contributed by atoms with Crippen LogP contribution in [0.25, 0.3) is 95.2 Å². The predicted octanol–water partition coefficient (Wildman–Crippen LogP) is 12.3. The van der Waals surface area contributed by atoms with Crippen molar-refractivity contribution in [3.8, 4) is 78.9 Å². The molecule has 0 saturated heterocycles. The zero-order valence-corrected chi connectivity index (χ0v) is 29.8. The summed E-state index contributed by atoms with van der Waals surface area (Å²) in [6.45, 7) is 0. The van der Waals surface area contributed by atoms with Gasteiger partial charge >= 0.3 is 0 Å². The molecule has 0 bridgehead atoms. The van der Waals surface area contributed by atoms with Crippen molar-refractivity contribution in [2.24, 2.45) is 0 Å². The Labute approximate surface area is 319 Å². The summed E-state index contributed by atoms with van der Waals surface area (Å²) in [5, 5.41) is 2.35. The van der Waals surface area contributed by atoms with Crippen LogP contribution in [0.1, 0.15) is 0 Å². The smallest absolute Gasteiger partial charge is 0.164 e. The Balaban J connectivity index is 1.09. The van der Waals surface area contributed by atoms with E-state index in [1.807, 2.05) is 36.7 Å². The van der Waals surface area contributed by atoms with E-state index in [0.29, 0.717) is 17.5 Å². The first-order valence-corrected chi connectivity index (χ1v) is 18.4. The zero-order chi connectivity index (χ0) is 36.6. The van der Waals surface area contributed by atoms with Crippen LogP contribution in [0.15, 0.2) is 200 Å². The number of fused-ring (bicyclic) bond motifs is 3. The molecule has 10 aromatic rings. The summed E-state index contributed by atoms with van der Waals surface area (Å²) in [4.78, 5) is 20.2. The van der Waals surface area contributed by atoms with Gasteiger partial charge in [0.1, 0.15) is 6.33 Å². The third kappa shape index (κ3) is 6.14. The largest absolute Gasteiger partial charge is 0.299 e.